The van der Waals surface area contributed by atoms with E-state index in [-0.39, 0.29) is 11.9 Å². The lowest BCUT2D eigenvalue weighted by atomic mass is 10.1. The molecule has 2 aromatic rings. The molecule has 2 nitrogen and oxygen atoms in total. The summed E-state index contributed by atoms with van der Waals surface area (Å²) in [6.07, 6.45) is 0. The SMILES string of the molecule is NCC(Nc1ccc(Br)cc1)c1ccc(Br)c(F)c1. The van der Waals surface area contributed by atoms with E-state index in [0.717, 1.165) is 15.7 Å². The predicted octanol–water partition coefficient (Wildman–Crippen LogP) is 4.46. The normalized spacial score (nSPS) is 12.2. The molecule has 1 unspecified atom stereocenters. The van der Waals surface area contributed by atoms with E-state index in [2.05, 4.69) is 37.2 Å². The number of nitrogens with one attached hydrogen (secondary N) is 1. The van der Waals surface area contributed by atoms with E-state index < -0.39 is 0 Å². The minimum Gasteiger partial charge on any atom is -0.377 e. The molecule has 100 valence electrons. The summed E-state index contributed by atoms with van der Waals surface area (Å²) in [5.74, 6) is -0.284. The number of anilines is 1. The van der Waals surface area contributed by atoms with Crippen molar-refractivity contribution in [1.82, 2.24) is 0 Å². The summed E-state index contributed by atoms with van der Waals surface area (Å²) in [6.45, 7) is 0.386. The second-order valence-corrected chi connectivity index (χ2v) is 5.88. The summed E-state index contributed by atoms with van der Waals surface area (Å²) in [6, 6.07) is 12.7. The maximum absolute atomic E-state index is 13.5. The van der Waals surface area contributed by atoms with Gasteiger partial charge < -0.3 is 11.1 Å². The van der Waals surface area contributed by atoms with Gasteiger partial charge in [-0.15, -0.1) is 0 Å². The van der Waals surface area contributed by atoms with Gasteiger partial charge in [0.15, 0.2) is 0 Å². The number of halogens is 3. The average molecular weight is 388 g/mol. The van der Waals surface area contributed by atoms with Gasteiger partial charge in [-0.2, -0.15) is 0 Å². The number of hydrogen-bond donors (Lipinski definition) is 2. The van der Waals surface area contributed by atoms with Gasteiger partial charge >= 0.3 is 0 Å². The molecule has 0 aliphatic rings. The molecule has 5 heteroatoms. The topological polar surface area (TPSA) is 38.0 Å². The van der Waals surface area contributed by atoms with Crippen LogP contribution in [0.1, 0.15) is 11.6 Å². The van der Waals surface area contributed by atoms with Crippen LogP contribution in [-0.4, -0.2) is 6.54 Å². The second-order valence-electron chi connectivity index (χ2n) is 4.11. The summed E-state index contributed by atoms with van der Waals surface area (Å²) in [5, 5.41) is 3.29. The van der Waals surface area contributed by atoms with E-state index in [9.17, 15) is 4.39 Å². The molecule has 0 spiro atoms. The van der Waals surface area contributed by atoms with Gasteiger partial charge in [0.2, 0.25) is 0 Å². The molecule has 1 atom stereocenters. The second kappa shape index (κ2) is 6.50. The lowest BCUT2D eigenvalue weighted by molar-refractivity contribution is 0.615. The van der Waals surface area contributed by atoms with Crippen molar-refractivity contribution in [3.05, 3.63) is 62.8 Å². The number of hydrogen-bond acceptors (Lipinski definition) is 2. The van der Waals surface area contributed by atoms with Gasteiger partial charge in [-0.25, -0.2) is 4.39 Å². The fourth-order valence-electron chi connectivity index (χ4n) is 1.75. The van der Waals surface area contributed by atoms with Gasteiger partial charge in [0.25, 0.3) is 0 Å². The first kappa shape index (κ1) is 14.5. The zero-order valence-corrected chi connectivity index (χ0v) is 13.2. The van der Waals surface area contributed by atoms with Crippen molar-refractivity contribution in [2.45, 2.75) is 6.04 Å². The van der Waals surface area contributed by atoms with Gasteiger partial charge in [0.05, 0.1) is 10.5 Å². The van der Waals surface area contributed by atoms with Crippen molar-refractivity contribution in [2.24, 2.45) is 5.73 Å². The van der Waals surface area contributed by atoms with Crippen LogP contribution in [0.25, 0.3) is 0 Å². The van der Waals surface area contributed by atoms with Crippen LogP contribution >= 0.6 is 31.9 Å². The van der Waals surface area contributed by atoms with Crippen molar-refractivity contribution in [3.63, 3.8) is 0 Å². The maximum atomic E-state index is 13.5. The number of rotatable bonds is 4. The lowest BCUT2D eigenvalue weighted by Crippen LogP contribution is -2.20. The molecular formula is C14H13Br2FN2. The van der Waals surface area contributed by atoms with Crippen LogP contribution in [0, 0.1) is 5.82 Å². The molecule has 0 bridgehead atoms. The van der Waals surface area contributed by atoms with Crippen LogP contribution in [0.5, 0.6) is 0 Å². The highest BCUT2D eigenvalue weighted by atomic mass is 79.9. The zero-order chi connectivity index (χ0) is 13.8. The van der Waals surface area contributed by atoms with Crippen molar-refractivity contribution >= 4 is 37.5 Å². The van der Waals surface area contributed by atoms with Crippen LogP contribution < -0.4 is 11.1 Å². The molecule has 19 heavy (non-hydrogen) atoms. The Morgan fingerprint density at radius 2 is 1.79 bits per heavy atom. The van der Waals surface area contributed by atoms with Crippen LogP contribution in [0.2, 0.25) is 0 Å². The molecule has 0 amide bonds. The number of nitrogens with two attached hydrogens (primary N) is 1. The smallest absolute Gasteiger partial charge is 0.137 e. The summed E-state index contributed by atoms with van der Waals surface area (Å²) in [4.78, 5) is 0. The Morgan fingerprint density at radius 3 is 2.37 bits per heavy atom. The molecular weight excluding hydrogens is 375 g/mol. The van der Waals surface area contributed by atoms with Crippen LogP contribution in [0.3, 0.4) is 0 Å². The van der Waals surface area contributed by atoms with Gasteiger partial charge in [-0.1, -0.05) is 22.0 Å². The first-order valence-electron chi connectivity index (χ1n) is 5.77. The number of benzene rings is 2. The Bertz CT molecular complexity index is 558. The molecule has 0 radical (unpaired) electrons. The first-order valence-corrected chi connectivity index (χ1v) is 7.36. The molecule has 2 rings (SSSR count). The molecule has 2 aromatic carbocycles. The van der Waals surface area contributed by atoms with Gasteiger partial charge in [-0.3, -0.25) is 0 Å². The van der Waals surface area contributed by atoms with E-state index in [1.165, 1.54) is 6.07 Å². The fraction of sp³-hybridized carbons (Fsp3) is 0.143. The summed E-state index contributed by atoms with van der Waals surface area (Å²) in [7, 11) is 0. The van der Waals surface area contributed by atoms with Crippen LogP contribution in [0.4, 0.5) is 10.1 Å². The third kappa shape index (κ3) is 3.78. The van der Waals surface area contributed by atoms with Gasteiger partial charge in [-0.05, 0) is 57.9 Å². The average Bonchev–Trinajstić information content (AvgIpc) is 2.41. The van der Waals surface area contributed by atoms with E-state index in [4.69, 9.17) is 5.73 Å². The third-order valence-electron chi connectivity index (χ3n) is 2.77. The third-order valence-corrected chi connectivity index (χ3v) is 3.94. The summed E-state index contributed by atoms with van der Waals surface area (Å²) in [5.41, 5.74) is 7.54. The summed E-state index contributed by atoms with van der Waals surface area (Å²) < 4.78 is 15.0. The molecule has 0 aliphatic carbocycles. The van der Waals surface area contributed by atoms with Crippen molar-refractivity contribution in [1.29, 1.82) is 0 Å². The monoisotopic (exact) mass is 386 g/mol. The highest BCUT2D eigenvalue weighted by molar-refractivity contribution is 9.10. The standard InChI is InChI=1S/C14H13Br2FN2/c15-10-2-4-11(5-3-10)19-14(8-18)9-1-6-12(16)13(17)7-9/h1-7,14,19H,8,18H2. The first-order chi connectivity index (χ1) is 9.10. The highest BCUT2D eigenvalue weighted by Crippen LogP contribution is 2.24. The van der Waals surface area contributed by atoms with Gasteiger partial charge in [0, 0.05) is 16.7 Å². The van der Waals surface area contributed by atoms with E-state index in [1.807, 2.05) is 30.3 Å². The Kier molecular flexibility index (Phi) is 4.96. The zero-order valence-electron chi connectivity index (χ0n) is 10.0. The van der Waals surface area contributed by atoms with Gasteiger partial charge in [0.1, 0.15) is 5.82 Å². The minimum absolute atomic E-state index is 0.122. The lowest BCUT2D eigenvalue weighted by Gasteiger charge is -2.19. The molecule has 0 heterocycles. The Morgan fingerprint density at radius 1 is 1.11 bits per heavy atom. The van der Waals surface area contributed by atoms with E-state index in [1.54, 1.807) is 6.07 Å². The Labute approximate surface area is 128 Å². The molecule has 0 fully saturated rings. The Balaban J connectivity index is 2.19. The summed E-state index contributed by atoms with van der Waals surface area (Å²) >= 11 is 6.53. The molecule has 0 saturated heterocycles. The largest absolute Gasteiger partial charge is 0.377 e. The van der Waals surface area contributed by atoms with Crippen LogP contribution in [0.15, 0.2) is 51.4 Å². The van der Waals surface area contributed by atoms with Crippen molar-refractivity contribution in [3.8, 4) is 0 Å². The molecule has 3 N–H and O–H groups in total. The minimum atomic E-state index is -0.284. The highest BCUT2D eigenvalue weighted by Gasteiger charge is 2.11. The van der Waals surface area contributed by atoms with E-state index >= 15 is 0 Å². The Hall–Kier alpha value is -0.910. The van der Waals surface area contributed by atoms with Crippen molar-refractivity contribution < 1.29 is 4.39 Å². The molecule has 0 aliphatic heterocycles. The maximum Gasteiger partial charge on any atom is 0.137 e. The van der Waals surface area contributed by atoms with E-state index in [0.29, 0.717) is 11.0 Å². The van der Waals surface area contributed by atoms with Crippen LogP contribution in [-0.2, 0) is 0 Å². The fourth-order valence-corrected chi connectivity index (χ4v) is 2.27. The molecule has 0 aromatic heterocycles. The predicted molar refractivity (Wildman–Crippen MR) is 83.7 cm³/mol. The quantitative estimate of drug-likeness (QED) is 0.812. The molecule has 0 saturated carbocycles. The van der Waals surface area contributed by atoms with Crippen molar-refractivity contribution in [2.75, 3.05) is 11.9 Å².